The minimum absolute atomic E-state index is 0.243. The van der Waals surface area contributed by atoms with Gasteiger partial charge in [-0.3, -0.25) is 9.78 Å². The first-order chi connectivity index (χ1) is 9.58. The second kappa shape index (κ2) is 8.11. The van der Waals surface area contributed by atoms with Gasteiger partial charge in [0.15, 0.2) is 0 Å². The summed E-state index contributed by atoms with van der Waals surface area (Å²) in [6, 6.07) is 2.36. The molecule has 0 fully saturated rings. The predicted octanol–water partition coefficient (Wildman–Crippen LogP) is 0.733. The Morgan fingerprint density at radius 1 is 1.50 bits per heavy atom. The molecule has 0 saturated carbocycles. The Hall–Kier alpha value is -2.15. The molecule has 1 aromatic heterocycles. The number of nitrogens with one attached hydrogen (secondary N) is 2. The molecule has 0 radical (unpaired) electrons. The smallest absolute Gasteiger partial charge is 0.326 e. The number of rotatable bonds is 8. The highest BCUT2D eigenvalue weighted by atomic mass is 16.5. The Morgan fingerprint density at radius 2 is 2.25 bits per heavy atom. The molecule has 7 nitrogen and oxygen atoms in total. The van der Waals surface area contributed by atoms with Gasteiger partial charge in [0.1, 0.15) is 11.7 Å². The van der Waals surface area contributed by atoms with Gasteiger partial charge in [0, 0.05) is 38.6 Å². The van der Waals surface area contributed by atoms with E-state index in [1.807, 2.05) is 6.92 Å². The highest BCUT2D eigenvalue weighted by molar-refractivity contribution is 5.93. The van der Waals surface area contributed by atoms with Crippen LogP contribution in [-0.4, -0.2) is 48.3 Å². The van der Waals surface area contributed by atoms with Crippen LogP contribution in [0.25, 0.3) is 0 Å². The third-order valence-corrected chi connectivity index (χ3v) is 2.58. The van der Waals surface area contributed by atoms with Crippen molar-refractivity contribution in [2.45, 2.75) is 19.4 Å². The van der Waals surface area contributed by atoms with Crippen LogP contribution < -0.4 is 10.6 Å². The number of aliphatic carboxylic acids is 1. The van der Waals surface area contributed by atoms with E-state index in [0.29, 0.717) is 25.3 Å². The average Bonchev–Trinajstić information content (AvgIpc) is 2.43. The molecule has 1 unspecified atom stereocenters. The molecule has 3 N–H and O–H groups in total. The van der Waals surface area contributed by atoms with Crippen LogP contribution in [0.3, 0.4) is 0 Å². The maximum atomic E-state index is 11.7. The number of amides is 1. The second-order valence-corrected chi connectivity index (χ2v) is 4.11. The summed E-state index contributed by atoms with van der Waals surface area (Å²) < 4.78 is 4.87. The van der Waals surface area contributed by atoms with Gasteiger partial charge in [-0.2, -0.15) is 0 Å². The van der Waals surface area contributed by atoms with Crippen molar-refractivity contribution in [2.24, 2.45) is 0 Å². The highest BCUT2D eigenvalue weighted by Crippen LogP contribution is 2.11. The van der Waals surface area contributed by atoms with Crippen LogP contribution in [0.5, 0.6) is 0 Å². The van der Waals surface area contributed by atoms with Crippen molar-refractivity contribution in [3.63, 3.8) is 0 Å². The zero-order chi connectivity index (χ0) is 15.0. The lowest BCUT2D eigenvalue weighted by atomic mass is 10.2. The van der Waals surface area contributed by atoms with Crippen LogP contribution in [0.2, 0.25) is 0 Å². The lowest BCUT2D eigenvalue weighted by Crippen LogP contribution is -2.30. The van der Waals surface area contributed by atoms with Crippen molar-refractivity contribution in [2.75, 3.05) is 25.6 Å². The van der Waals surface area contributed by atoms with E-state index in [0.717, 1.165) is 0 Å². The molecule has 0 spiro atoms. The summed E-state index contributed by atoms with van der Waals surface area (Å²) in [6.45, 7) is 2.65. The van der Waals surface area contributed by atoms with Gasteiger partial charge in [0.05, 0.1) is 0 Å². The van der Waals surface area contributed by atoms with Crippen LogP contribution in [0.15, 0.2) is 18.3 Å². The molecule has 0 aliphatic carbocycles. The SMILES string of the molecule is CCNC(=O)c1cc(NC(CCOC)C(=O)O)ccn1. The predicted molar refractivity (Wildman–Crippen MR) is 73.8 cm³/mol. The number of ether oxygens (including phenoxy) is 1. The second-order valence-electron chi connectivity index (χ2n) is 4.11. The highest BCUT2D eigenvalue weighted by Gasteiger charge is 2.17. The standard InChI is InChI=1S/C13H19N3O4/c1-3-14-12(17)11-8-9(4-6-15-11)16-10(13(18)19)5-7-20-2/h4,6,8,10H,3,5,7H2,1-2H3,(H,14,17)(H,15,16)(H,18,19). The summed E-state index contributed by atoms with van der Waals surface area (Å²) in [6.07, 6.45) is 1.78. The van der Waals surface area contributed by atoms with Crippen LogP contribution in [0, 0.1) is 0 Å². The summed E-state index contributed by atoms with van der Waals surface area (Å²) >= 11 is 0. The van der Waals surface area contributed by atoms with Crippen LogP contribution in [-0.2, 0) is 9.53 Å². The number of carbonyl (C=O) groups excluding carboxylic acids is 1. The molecule has 0 aromatic carbocycles. The molecule has 0 bridgehead atoms. The Labute approximate surface area is 117 Å². The number of hydrogen-bond acceptors (Lipinski definition) is 5. The maximum absolute atomic E-state index is 11.7. The average molecular weight is 281 g/mol. The minimum atomic E-state index is -0.974. The Kier molecular flexibility index (Phi) is 6.45. The summed E-state index contributed by atoms with van der Waals surface area (Å²) in [5.74, 6) is -1.27. The number of methoxy groups -OCH3 is 1. The zero-order valence-corrected chi connectivity index (χ0v) is 11.5. The number of nitrogens with zero attached hydrogens (tertiary/aromatic N) is 1. The van der Waals surface area contributed by atoms with Gasteiger partial charge in [-0.15, -0.1) is 0 Å². The summed E-state index contributed by atoms with van der Waals surface area (Å²) in [7, 11) is 1.51. The fraction of sp³-hybridized carbons (Fsp3) is 0.462. The number of carboxylic acid groups (broad SMARTS) is 1. The van der Waals surface area contributed by atoms with E-state index < -0.39 is 12.0 Å². The van der Waals surface area contributed by atoms with Crippen molar-refractivity contribution in [3.05, 3.63) is 24.0 Å². The van der Waals surface area contributed by atoms with Gasteiger partial charge in [-0.25, -0.2) is 4.79 Å². The molecule has 0 saturated heterocycles. The molecular weight excluding hydrogens is 262 g/mol. The Morgan fingerprint density at radius 3 is 2.85 bits per heavy atom. The normalized spacial score (nSPS) is 11.7. The van der Waals surface area contributed by atoms with Crippen molar-refractivity contribution in [1.29, 1.82) is 0 Å². The quantitative estimate of drug-likeness (QED) is 0.649. The molecule has 0 aliphatic rings. The number of pyridine rings is 1. The maximum Gasteiger partial charge on any atom is 0.326 e. The molecule has 1 amide bonds. The first-order valence-electron chi connectivity index (χ1n) is 6.31. The largest absolute Gasteiger partial charge is 0.480 e. The number of carbonyl (C=O) groups is 2. The van der Waals surface area contributed by atoms with Gasteiger partial charge in [-0.05, 0) is 19.1 Å². The first-order valence-corrected chi connectivity index (χ1v) is 6.31. The van der Waals surface area contributed by atoms with E-state index in [-0.39, 0.29) is 11.6 Å². The van der Waals surface area contributed by atoms with E-state index in [4.69, 9.17) is 9.84 Å². The molecule has 1 aromatic rings. The van der Waals surface area contributed by atoms with Crippen molar-refractivity contribution >= 4 is 17.6 Å². The zero-order valence-electron chi connectivity index (χ0n) is 11.5. The van der Waals surface area contributed by atoms with Gasteiger partial charge >= 0.3 is 5.97 Å². The molecule has 7 heteroatoms. The van der Waals surface area contributed by atoms with Crippen molar-refractivity contribution in [1.82, 2.24) is 10.3 Å². The van der Waals surface area contributed by atoms with E-state index in [9.17, 15) is 9.59 Å². The van der Waals surface area contributed by atoms with Crippen LogP contribution in [0.1, 0.15) is 23.8 Å². The third-order valence-electron chi connectivity index (χ3n) is 2.58. The van der Waals surface area contributed by atoms with E-state index in [2.05, 4.69) is 15.6 Å². The molecule has 1 heterocycles. The first kappa shape index (κ1) is 15.9. The summed E-state index contributed by atoms with van der Waals surface area (Å²) in [4.78, 5) is 26.7. The van der Waals surface area contributed by atoms with Gasteiger partial charge in [0.25, 0.3) is 5.91 Å². The molecule has 0 aliphatic heterocycles. The van der Waals surface area contributed by atoms with Gasteiger partial charge in [0.2, 0.25) is 0 Å². The monoisotopic (exact) mass is 281 g/mol. The molecule has 1 atom stereocenters. The molecule has 110 valence electrons. The number of hydrogen-bond donors (Lipinski definition) is 3. The fourth-order valence-electron chi connectivity index (χ4n) is 1.59. The number of aromatic nitrogens is 1. The summed E-state index contributed by atoms with van der Waals surface area (Å²) in [5.41, 5.74) is 0.775. The Bertz CT molecular complexity index is 465. The lowest BCUT2D eigenvalue weighted by molar-refractivity contribution is -0.138. The van der Waals surface area contributed by atoms with Crippen LogP contribution in [0.4, 0.5) is 5.69 Å². The minimum Gasteiger partial charge on any atom is -0.480 e. The molecule has 1 rings (SSSR count). The van der Waals surface area contributed by atoms with Crippen LogP contribution >= 0.6 is 0 Å². The third kappa shape index (κ3) is 4.85. The van der Waals surface area contributed by atoms with E-state index in [1.54, 1.807) is 6.07 Å². The molecule has 20 heavy (non-hydrogen) atoms. The fourth-order valence-corrected chi connectivity index (χ4v) is 1.59. The number of carboxylic acids is 1. The van der Waals surface area contributed by atoms with Crippen molar-refractivity contribution < 1.29 is 19.4 Å². The van der Waals surface area contributed by atoms with Gasteiger partial charge < -0.3 is 20.5 Å². The Balaban J connectivity index is 2.77. The van der Waals surface area contributed by atoms with E-state index in [1.165, 1.54) is 19.4 Å². The summed E-state index contributed by atoms with van der Waals surface area (Å²) in [5, 5.41) is 14.6. The molecular formula is C13H19N3O4. The lowest BCUT2D eigenvalue weighted by Gasteiger charge is -2.15. The number of anilines is 1. The van der Waals surface area contributed by atoms with Gasteiger partial charge in [-0.1, -0.05) is 0 Å². The van der Waals surface area contributed by atoms with Crippen molar-refractivity contribution in [3.8, 4) is 0 Å². The van der Waals surface area contributed by atoms with E-state index >= 15 is 0 Å². The topological polar surface area (TPSA) is 101 Å².